The Labute approximate surface area is 102 Å². The Morgan fingerprint density at radius 1 is 1.41 bits per heavy atom. The zero-order chi connectivity index (χ0) is 12.4. The summed E-state index contributed by atoms with van der Waals surface area (Å²) in [5.74, 6) is -0.543. The van der Waals surface area contributed by atoms with Crippen LogP contribution < -0.4 is 5.73 Å². The van der Waals surface area contributed by atoms with Crippen LogP contribution in [-0.4, -0.2) is 27.7 Å². The van der Waals surface area contributed by atoms with Crippen LogP contribution in [0, 0.1) is 0 Å². The van der Waals surface area contributed by atoms with Gasteiger partial charge in [-0.3, -0.25) is 19.3 Å². The summed E-state index contributed by atoms with van der Waals surface area (Å²) in [4.78, 5) is 34.9. The summed E-state index contributed by atoms with van der Waals surface area (Å²) in [5, 5.41) is -0.250. The topological polar surface area (TPSA) is 80.5 Å². The molecule has 2 rings (SSSR count). The predicted octanol–water partition coefficient (Wildman–Crippen LogP) is 0.981. The molecule has 3 amide bonds. The van der Waals surface area contributed by atoms with E-state index in [2.05, 4.69) is 0 Å². The van der Waals surface area contributed by atoms with Gasteiger partial charge in [-0.15, -0.1) is 0 Å². The van der Waals surface area contributed by atoms with Crippen LogP contribution in [0.15, 0.2) is 24.3 Å². The average molecular weight is 250 g/mol. The van der Waals surface area contributed by atoms with Gasteiger partial charge in [-0.05, 0) is 17.7 Å². The zero-order valence-corrected chi connectivity index (χ0v) is 9.70. The molecule has 2 N–H and O–H groups in total. The molecule has 0 aromatic heterocycles. The molecule has 0 aliphatic carbocycles. The van der Waals surface area contributed by atoms with Crippen LogP contribution in [0.2, 0.25) is 0 Å². The molecule has 1 fully saturated rings. The number of benzene rings is 1. The van der Waals surface area contributed by atoms with Crippen LogP contribution in [0.5, 0.6) is 0 Å². The van der Waals surface area contributed by atoms with Gasteiger partial charge in [0, 0.05) is 5.56 Å². The summed E-state index contributed by atoms with van der Waals surface area (Å²) in [6.45, 7) is 0.186. The summed E-state index contributed by atoms with van der Waals surface area (Å²) in [5.41, 5.74) is 6.24. The zero-order valence-electron chi connectivity index (χ0n) is 8.88. The van der Waals surface area contributed by atoms with E-state index in [0.717, 1.165) is 11.8 Å². The minimum Gasteiger partial charge on any atom is -0.366 e. The smallest absolute Gasteiger partial charge is 0.289 e. The molecule has 0 saturated carbocycles. The lowest BCUT2D eigenvalue weighted by Gasteiger charge is -2.12. The van der Waals surface area contributed by atoms with Gasteiger partial charge >= 0.3 is 0 Å². The normalized spacial score (nSPS) is 15.4. The molecule has 5 nitrogen and oxygen atoms in total. The van der Waals surface area contributed by atoms with Crippen LogP contribution >= 0.6 is 11.8 Å². The van der Waals surface area contributed by atoms with Crippen LogP contribution in [-0.2, 0) is 11.3 Å². The van der Waals surface area contributed by atoms with E-state index in [9.17, 15) is 14.4 Å². The van der Waals surface area contributed by atoms with Crippen molar-refractivity contribution < 1.29 is 14.4 Å². The number of nitrogens with zero attached hydrogens (tertiary/aromatic N) is 1. The lowest BCUT2D eigenvalue weighted by Crippen LogP contribution is -2.28. The standard InChI is InChI=1S/C11H10N2O3S/c12-10(15)8-3-1-2-7(4-8)5-13-9(14)6-17-11(13)16/h1-4H,5-6H2,(H2,12,15). The van der Waals surface area contributed by atoms with Crippen molar-refractivity contribution in [2.75, 3.05) is 5.75 Å². The first-order valence-electron chi connectivity index (χ1n) is 4.94. The Hall–Kier alpha value is -1.82. The van der Waals surface area contributed by atoms with Gasteiger partial charge in [0.1, 0.15) is 0 Å². The monoisotopic (exact) mass is 250 g/mol. The molecule has 1 heterocycles. The van der Waals surface area contributed by atoms with E-state index in [4.69, 9.17) is 5.73 Å². The highest BCUT2D eigenvalue weighted by Gasteiger charge is 2.29. The third-order valence-corrected chi connectivity index (χ3v) is 3.25. The van der Waals surface area contributed by atoms with Crippen molar-refractivity contribution in [1.29, 1.82) is 0 Å². The number of carbonyl (C=O) groups excluding carboxylic acids is 3. The van der Waals surface area contributed by atoms with E-state index >= 15 is 0 Å². The van der Waals surface area contributed by atoms with Gasteiger partial charge in [0.05, 0.1) is 12.3 Å². The Bertz CT molecular complexity index is 485. The number of imide groups is 1. The van der Waals surface area contributed by atoms with Crippen LogP contribution in [0.3, 0.4) is 0 Å². The molecule has 6 heteroatoms. The lowest BCUT2D eigenvalue weighted by atomic mass is 10.1. The fraction of sp³-hybridized carbons (Fsp3) is 0.182. The summed E-state index contributed by atoms with van der Waals surface area (Å²) in [6, 6.07) is 6.60. The molecule has 0 bridgehead atoms. The van der Waals surface area contributed by atoms with Crippen molar-refractivity contribution >= 4 is 28.8 Å². The van der Waals surface area contributed by atoms with Crippen molar-refractivity contribution in [2.24, 2.45) is 5.73 Å². The highest BCUT2D eigenvalue weighted by Crippen LogP contribution is 2.21. The highest BCUT2D eigenvalue weighted by atomic mass is 32.2. The number of hydrogen-bond acceptors (Lipinski definition) is 4. The molecule has 0 spiro atoms. The van der Waals surface area contributed by atoms with Crippen molar-refractivity contribution in [2.45, 2.75) is 6.54 Å². The summed E-state index contributed by atoms with van der Waals surface area (Å²) in [6.07, 6.45) is 0. The van der Waals surface area contributed by atoms with Gasteiger partial charge in [0.15, 0.2) is 0 Å². The highest BCUT2D eigenvalue weighted by molar-refractivity contribution is 8.14. The first-order chi connectivity index (χ1) is 8.08. The summed E-state index contributed by atoms with van der Waals surface area (Å²) in [7, 11) is 0. The third kappa shape index (κ3) is 2.47. The second kappa shape index (κ2) is 4.58. The van der Waals surface area contributed by atoms with Gasteiger partial charge in [0.2, 0.25) is 11.8 Å². The van der Waals surface area contributed by atoms with E-state index in [1.165, 1.54) is 4.90 Å². The number of rotatable bonds is 3. The molecule has 88 valence electrons. The minimum atomic E-state index is -0.528. The Kier molecular flexibility index (Phi) is 3.14. The Balaban J connectivity index is 2.18. The fourth-order valence-electron chi connectivity index (χ4n) is 1.54. The van der Waals surface area contributed by atoms with Gasteiger partial charge in [-0.25, -0.2) is 0 Å². The first kappa shape index (κ1) is 11.7. The fourth-order valence-corrected chi connectivity index (χ4v) is 2.26. The molecular formula is C11H10N2O3S. The molecule has 0 radical (unpaired) electrons. The van der Waals surface area contributed by atoms with Gasteiger partial charge < -0.3 is 5.73 Å². The van der Waals surface area contributed by atoms with E-state index in [1.807, 2.05) is 0 Å². The second-order valence-electron chi connectivity index (χ2n) is 3.60. The maximum absolute atomic E-state index is 11.4. The van der Waals surface area contributed by atoms with Crippen molar-refractivity contribution in [3.63, 3.8) is 0 Å². The predicted molar refractivity (Wildman–Crippen MR) is 63.4 cm³/mol. The number of carbonyl (C=O) groups is 3. The molecule has 17 heavy (non-hydrogen) atoms. The molecule has 1 aliphatic rings. The number of primary amides is 1. The van der Waals surface area contributed by atoms with Gasteiger partial charge in [0.25, 0.3) is 5.24 Å². The molecular weight excluding hydrogens is 240 g/mol. The molecule has 1 aliphatic heterocycles. The van der Waals surface area contributed by atoms with Crippen molar-refractivity contribution in [3.05, 3.63) is 35.4 Å². The van der Waals surface area contributed by atoms with E-state index in [1.54, 1.807) is 24.3 Å². The first-order valence-corrected chi connectivity index (χ1v) is 5.92. The summed E-state index contributed by atoms with van der Waals surface area (Å²) < 4.78 is 0. The Morgan fingerprint density at radius 3 is 2.76 bits per heavy atom. The van der Waals surface area contributed by atoms with Crippen LogP contribution in [0.25, 0.3) is 0 Å². The van der Waals surface area contributed by atoms with E-state index in [-0.39, 0.29) is 23.4 Å². The largest absolute Gasteiger partial charge is 0.366 e. The molecule has 1 aromatic rings. The number of amides is 3. The maximum Gasteiger partial charge on any atom is 0.289 e. The van der Waals surface area contributed by atoms with Gasteiger partial charge in [-0.1, -0.05) is 23.9 Å². The quantitative estimate of drug-likeness (QED) is 0.867. The average Bonchev–Trinajstić information content (AvgIpc) is 2.61. The van der Waals surface area contributed by atoms with E-state index in [0.29, 0.717) is 11.1 Å². The van der Waals surface area contributed by atoms with Crippen molar-refractivity contribution in [3.8, 4) is 0 Å². The van der Waals surface area contributed by atoms with Crippen LogP contribution in [0.1, 0.15) is 15.9 Å². The number of thioether (sulfide) groups is 1. The molecule has 0 atom stereocenters. The lowest BCUT2D eigenvalue weighted by molar-refractivity contribution is -0.125. The van der Waals surface area contributed by atoms with Gasteiger partial charge in [-0.2, -0.15) is 0 Å². The Morgan fingerprint density at radius 2 is 2.18 bits per heavy atom. The van der Waals surface area contributed by atoms with Crippen molar-refractivity contribution in [1.82, 2.24) is 4.90 Å². The van der Waals surface area contributed by atoms with Crippen LogP contribution in [0.4, 0.5) is 4.79 Å². The summed E-state index contributed by atoms with van der Waals surface area (Å²) >= 11 is 0.989. The minimum absolute atomic E-state index is 0.186. The number of nitrogens with two attached hydrogens (primary N) is 1. The number of hydrogen-bond donors (Lipinski definition) is 1. The third-order valence-electron chi connectivity index (χ3n) is 2.39. The SMILES string of the molecule is NC(=O)c1cccc(CN2C(=O)CSC2=O)c1. The van der Waals surface area contributed by atoms with E-state index < -0.39 is 5.91 Å². The second-order valence-corrected chi connectivity index (χ2v) is 4.53. The molecule has 0 unspecified atom stereocenters. The molecule has 1 saturated heterocycles. The molecule has 1 aromatic carbocycles. The maximum atomic E-state index is 11.4.